The number of nitrogens with one attached hydrogen (secondary N) is 1. The fourth-order valence-electron chi connectivity index (χ4n) is 3.30. The lowest BCUT2D eigenvalue weighted by Crippen LogP contribution is -2.48. The van der Waals surface area contributed by atoms with Crippen LogP contribution in [-0.2, 0) is 11.2 Å². The molecular formula is C18H23N3O2. The summed E-state index contributed by atoms with van der Waals surface area (Å²) in [5.74, 6) is 0.480. The topological polar surface area (TPSA) is 58.2 Å². The lowest BCUT2D eigenvalue weighted by molar-refractivity contribution is -0.00699. The fourth-order valence-corrected chi connectivity index (χ4v) is 3.30. The van der Waals surface area contributed by atoms with Crippen molar-refractivity contribution in [3.63, 3.8) is 0 Å². The highest BCUT2D eigenvalue weighted by atomic mass is 16.5. The van der Waals surface area contributed by atoms with Crippen molar-refractivity contribution >= 4 is 5.91 Å². The molecular weight excluding hydrogens is 290 g/mol. The predicted molar refractivity (Wildman–Crippen MR) is 88.3 cm³/mol. The first kappa shape index (κ1) is 15.7. The number of piperidine rings is 1. The van der Waals surface area contributed by atoms with Gasteiger partial charge in [-0.3, -0.25) is 9.89 Å². The van der Waals surface area contributed by atoms with Gasteiger partial charge in [-0.05, 0) is 31.2 Å². The second-order valence-electron chi connectivity index (χ2n) is 6.17. The van der Waals surface area contributed by atoms with Crippen LogP contribution in [0.25, 0.3) is 0 Å². The number of carbonyl (C=O) groups excluding carboxylic acids is 1. The zero-order valence-electron chi connectivity index (χ0n) is 13.7. The first-order valence-corrected chi connectivity index (χ1v) is 8.05. The number of benzene rings is 1. The number of likely N-dealkylation sites (tertiary alicyclic amines) is 1. The van der Waals surface area contributed by atoms with E-state index >= 15 is 0 Å². The van der Waals surface area contributed by atoms with E-state index in [1.807, 2.05) is 17.9 Å². The maximum Gasteiger partial charge on any atom is 0.257 e. The van der Waals surface area contributed by atoms with E-state index in [0.717, 1.165) is 25.1 Å². The van der Waals surface area contributed by atoms with Gasteiger partial charge in [0.25, 0.3) is 5.91 Å². The van der Waals surface area contributed by atoms with Gasteiger partial charge < -0.3 is 9.64 Å². The molecule has 0 aliphatic carbocycles. The van der Waals surface area contributed by atoms with Gasteiger partial charge in [-0.1, -0.05) is 30.3 Å². The van der Waals surface area contributed by atoms with Crippen molar-refractivity contribution in [2.45, 2.75) is 25.9 Å². The average molecular weight is 313 g/mol. The monoisotopic (exact) mass is 313 g/mol. The molecule has 1 saturated heterocycles. The molecule has 2 heterocycles. The van der Waals surface area contributed by atoms with Crippen LogP contribution in [0.5, 0.6) is 0 Å². The lowest BCUT2D eigenvalue weighted by atomic mass is 9.87. The van der Waals surface area contributed by atoms with Gasteiger partial charge in [0.1, 0.15) is 0 Å². The van der Waals surface area contributed by atoms with E-state index in [4.69, 9.17) is 4.74 Å². The molecule has 1 aliphatic rings. The molecule has 1 aromatic heterocycles. The van der Waals surface area contributed by atoms with Crippen LogP contribution in [0, 0.1) is 12.8 Å². The third-order valence-electron chi connectivity index (χ3n) is 4.69. The summed E-state index contributed by atoms with van der Waals surface area (Å²) >= 11 is 0. The van der Waals surface area contributed by atoms with E-state index in [-0.39, 0.29) is 12.0 Å². The Morgan fingerprint density at radius 3 is 2.83 bits per heavy atom. The van der Waals surface area contributed by atoms with Gasteiger partial charge in [0.2, 0.25) is 0 Å². The van der Waals surface area contributed by atoms with E-state index in [9.17, 15) is 4.79 Å². The minimum Gasteiger partial charge on any atom is -0.379 e. The number of nitrogens with zero attached hydrogens (tertiary/aromatic N) is 2. The molecule has 2 aromatic rings. The molecule has 3 rings (SSSR count). The van der Waals surface area contributed by atoms with Crippen LogP contribution in [0.4, 0.5) is 0 Å². The normalized spacial score (nSPS) is 21.4. The average Bonchev–Trinajstić information content (AvgIpc) is 3.01. The quantitative estimate of drug-likeness (QED) is 0.943. The third kappa shape index (κ3) is 3.45. The van der Waals surface area contributed by atoms with E-state index < -0.39 is 0 Å². The fraction of sp³-hybridized carbons (Fsp3) is 0.444. The smallest absolute Gasteiger partial charge is 0.257 e. The second-order valence-corrected chi connectivity index (χ2v) is 6.17. The van der Waals surface area contributed by atoms with Gasteiger partial charge in [0.15, 0.2) is 0 Å². The van der Waals surface area contributed by atoms with Gasteiger partial charge in [-0.25, -0.2) is 0 Å². The van der Waals surface area contributed by atoms with Crippen molar-refractivity contribution in [2.75, 3.05) is 20.2 Å². The van der Waals surface area contributed by atoms with Crippen molar-refractivity contribution in [3.05, 3.63) is 53.3 Å². The van der Waals surface area contributed by atoms with E-state index in [1.54, 1.807) is 13.3 Å². The summed E-state index contributed by atoms with van der Waals surface area (Å²) in [4.78, 5) is 14.5. The molecule has 5 nitrogen and oxygen atoms in total. The minimum atomic E-state index is 0.0384. The van der Waals surface area contributed by atoms with Crippen molar-refractivity contribution in [1.29, 1.82) is 0 Å². The molecule has 5 heteroatoms. The van der Waals surface area contributed by atoms with Crippen LogP contribution in [0.15, 0.2) is 36.5 Å². The Bertz CT molecular complexity index is 653. The molecule has 0 bridgehead atoms. The molecule has 122 valence electrons. The van der Waals surface area contributed by atoms with Crippen LogP contribution in [0.3, 0.4) is 0 Å². The summed E-state index contributed by atoms with van der Waals surface area (Å²) in [6.45, 7) is 3.27. The number of aromatic nitrogens is 2. The first-order chi connectivity index (χ1) is 11.2. The molecule has 1 aliphatic heterocycles. The summed E-state index contributed by atoms with van der Waals surface area (Å²) in [6.07, 6.45) is 3.62. The summed E-state index contributed by atoms with van der Waals surface area (Å²) in [6, 6.07) is 10.5. The van der Waals surface area contributed by atoms with Gasteiger partial charge in [-0.15, -0.1) is 0 Å². The summed E-state index contributed by atoms with van der Waals surface area (Å²) in [5.41, 5.74) is 2.79. The van der Waals surface area contributed by atoms with Gasteiger partial charge in [0, 0.05) is 25.9 Å². The number of aryl methyl sites for hydroxylation is 1. The number of amides is 1. The molecule has 0 unspecified atom stereocenters. The highest BCUT2D eigenvalue weighted by Gasteiger charge is 2.32. The van der Waals surface area contributed by atoms with Crippen molar-refractivity contribution in [3.8, 4) is 0 Å². The van der Waals surface area contributed by atoms with Crippen LogP contribution in [0.1, 0.15) is 28.0 Å². The van der Waals surface area contributed by atoms with Crippen LogP contribution >= 0.6 is 0 Å². The molecule has 23 heavy (non-hydrogen) atoms. The number of hydrogen-bond donors (Lipinski definition) is 1. The third-order valence-corrected chi connectivity index (χ3v) is 4.69. The van der Waals surface area contributed by atoms with Crippen molar-refractivity contribution in [1.82, 2.24) is 15.1 Å². The summed E-state index contributed by atoms with van der Waals surface area (Å²) < 4.78 is 5.69. The zero-order valence-corrected chi connectivity index (χ0v) is 13.7. The number of hydrogen-bond acceptors (Lipinski definition) is 3. The largest absolute Gasteiger partial charge is 0.379 e. The highest BCUT2D eigenvalue weighted by molar-refractivity contribution is 5.95. The minimum absolute atomic E-state index is 0.0384. The standard InChI is InChI=1S/C18H23N3O2/c1-13-16(11-19-20-13)18(22)21-9-8-15(17(12-21)23-2)10-14-6-4-3-5-7-14/h3-7,11,15,17H,8-10,12H2,1-2H3,(H,19,20)/t15-,17+/m1/s1. The van der Waals surface area contributed by atoms with Crippen molar-refractivity contribution < 1.29 is 9.53 Å². The molecule has 0 spiro atoms. The van der Waals surface area contributed by atoms with Crippen LogP contribution < -0.4 is 0 Å². The van der Waals surface area contributed by atoms with Crippen LogP contribution in [-0.4, -0.2) is 47.3 Å². The Hall–Kier alpha value is -2.14. The Morgan fingerprint density at radius 2 is 2.17 bits per heavy atom. The number of H-pyrrole nitrogens is 1. The lowest BCUT2D eigenvalue weighted by Gasteiger charge is -2.38. The number of ether oxygens (including phenoxy) is 1. The zero-order chi connectivity index (χ0) is 16.2. The van der Waals surface area contributed by atoms with E-state index in [0.29, 0.717) is 18.0 Å². The van der Waals surface area contributed by atoms with Gasteiger partial charge in [-0.2, -0.15) is 5.10 Å². The molecule has 0 saturated carbocycles. The van der Waals surface area contributed by atoms with Gasteiger partial charge >= 0.3 is 0 Å². The molecule has 1 aromatic carbocycles. The molecule has 0 radical (unpaired) electrons. The summed E-state index contributed by atoms with van der Waals surface area (Å²) in [5, 5.41) is 6.77. The first-order valence-electron chi connectivity index (χ1n) is 8.05. The Morgan fingerprint density at radius 1 is 1.39 bits per heavy atom. The molecule has 2 atom stereocenters. The number of aromatic amines is 1. The number of rotatable bonds is 4. The SMILES string of the molecule is CO[C@H]1CN(C(=O)c2cn[nH]c2C)CC[C@@H]1Cc1ccccc1. The number of methoxy groups -OCH3 is 1. The van der Waals surface area contributed by atoms with Gasteiger partial charge in [0.05, 0.1) is 17.9 Å². The maximum absolute atomic E-state index is 12.6. The summed E-state index contributed by atoms with van der Waals surface area (Å²) in [7, 11) is 1.74. The predicted octanol–water partition coefficient (Wildman–Crippen LogP) is 2.44. The Balaban J connectivity index is 1.67. The second kappa shape index (κ2) is 6.96. The highest BCUT2D eigenvalue weighted by Crippen LogP contribution is 2.25. The van der Waals surface area contributed by atoms with Crippen molar-refractivity contribution in [2.24, 2.45) is 5.92 Å². The maximum atomic E-state index is 12.6. The van der Waals surface area contributed by atoms with Crippen LogP contribution in [0.2, 0.25) is 0 Å². The van der Waals surface area contributed by atoms with E-state index in [1.165, 1.54) is 5.56 Å². The molecule has 1 N–H and O–H groups in total. The Kier molecular flexibility index (Phi) is 4.76. The molecule has 1 fully saturated rings. The molecule has 1 amide bonds. The number of carbonyl (C=O) groups is 1. The van der Waals surface area contributed by atoms with E-state index in [2.05, 4.69) is 34.5 Å². The Labute approximate surface area is 136 Å².